The molecule has 1 N–H and O–H groups in total. The van der Waals surface area contributed by atoms with Crippen molar-refractivity contribution >= 4 is 0 Å². The van der Waals surface area contributed by atoms with Crippen molar-refractivity contribution in [2.75, 3.05) is 6.54 Å². The maximum Gasteiger partial charge on any atom is 0.00698 e. The molecule has 0 radical (unpaired) electrons. The Morgan fingerprint density at radius 1 is 1.00 bits per heavy atom. The van der Waals surface area contributed by atoms with Crippen molar-refractivity contribution in [2.24, 2.45) is 11.8 Å². The molecule has 0 aromatic heterocycles. The normalized spacial score (nSPS) is 31.8. The van der Waals surface area contributed by atoms with Crippen molar-refractivity contribution < 1.29 is 0 Å². The van der Waals surface area contributed by atoms with Crippen molar-refractivity contribution in [3.8, 4) is 0 Å². The summed E-state index contributed by atoms with van der Waals surface area (Å²) in [6.07, 6.45) is 13.1. The smallest absolute Gasteiger partial charge is 0.00698 e. The zero-order valence-corrected chi connectivity index (χ0v) is 10.3. The van der Waals surface area contributed by atoms with Gasteiger partial charge in [-0.3, -0.25) is 0 Å². The Morgan fingerprint density at radius 3 is 2.60 bits per heavy atom. The number of hydrogen-bond donors (Lipinski definition) is 1. The molecule has 0 bridgehead atoms. The third-order valence-electron chi connectivity index (χ3n) is 4.22. The second-order valence-corrected chi connectivity index (χ2v) is 5.62. The first kappa shape index (κ1) is 11.4. The van der Waals surface area contributed by atoms with Gasteiger partial charge in [0.25, 0.3) is 0 Å². The van der Waals surface area contributed by atoms with E-state index in [1.165, 1.54) is 64.3 Å². The van der Waals surface area contributed by atoms with Crippen molar-refractivity contribution in [3.63, 3.8) is 0 Å². The second kappa shape index (κ2) is 5.89. The summed E-state index contributed by atoms with van der Waals surface area (Å²) in [4.78, 5) is 0. The molecular formula is C14H27N. The Bertz CT molecular complexity index is 174. The predicted octanol–water partition coefficient (Wildman–Crippen LogP) is 3.74. The van der Waals surface area contributed by atoms with Gasteiger partial charge in [-0.1, -0.05) is 32.6 Å². The topological polar surface area (TPSA) is 12.0 Å². The van der Waals surface area contributed by atoms with Crippen LogP contribution < -0.4 is 5.32 Å². The Labute approximate surface area is 95.0 Å². The van der Waals surface area contributed by atoms with Crippen molar-refractivity contribution in [1.29, 1.82) is 0 Å². The average Bonchev–Trinajstić information content (AvgIpc) is 3.09. The van der Waals surface area contributed by atoms with Crippen LogP contribution in [0.25, 0.3) is 0 Å². The fourth-order valence-electron chi connectivity index (χ4n) is 3.09. The van der Waals surface area contributed by atoms with Gasteiger partial charge in [-0.25, -0.2) is 0 Å². The Balaban J connectivity index is 1.59. The quantitative estimate of drug-likeness (QED) is 0.657. The van der Waals surface area contributed by atoms with Crippen molar-refractivity contribution in [2.45, 2.75) is 70.8 Å². The van der Waals surface area contributed by atoms with E-state index < -0.39 is 0 Å². The van der Waals surface area contributed by atoms with Crippen LogP contribution in [-0.4, -0.2) is 12.6 Å². The van der Waals surface area contributed by atoms with Gasteiger partial charge < -0.3 is 5.32 Å². The molecule has 2 saturated carbocycles. The minimum Gasteiger partial charge on any atom is -0.314 e. The summed E-state index contributed by atoms with van der Waals surface area (Å²) in [7, 11) is 0. The molecule has 2 aliphatic rings. The Hall–Kier alpha value is -0.0400. The van der Waals surface area contributed by atoms with E-state index in [-0.39, 0.29) is 0 Å². The van der Waals surface area contributed by atoms with Crippen LogP contribution in [-0.2, 0) is 0 Å². The highest BCUT2D eigenvalue weighted by molar-refractivity contribution is 4.87. The summed E-state index contributed by atoms with van der Waals surface area (Å²) in [6, 6.07) is 0.862. The van der Waals surface area contributed by atoms with E-state index in [2.05, 4.69) is 12.2 Å². The summed E-state index contributed by atoms with van der Waals surface area (Å²) < 4.78 is 0. The van der Waals surface area contributed by atoms with E-state index in [1.807, 2.05) is 0 Å². The van der Waals surface area contributed by atoms with E-state index in [9.17, 15) is 0 Å². The highest BCUT2D eigenvalue weighted by atomic mass is 14.9. The molecule has 88 valence electrons. The van der Waals surface area contributed by atoms with Crippen LogP contribution in [0.4, 0.5) is 0 Å². The summed E-state index contributed by atoms with van der Waals surface area (Å²) in [5.74, 6) is 2.22. The first-order valence-corrected chi connectivity index (χ1v) is 7.13. The summed E-state index contributed by atoms with van der Waals surface area (Å²) in [6.45, 7) is 3.54. The van der Waals surface area contributed by atoms with E-state index >= 15 is 0 Å². The largest absolute Gasteiger partial charge is 0.314 e. The molecule has 2 fully saturated rings. The van der Waals surface area contributed by atoms with Gasteiger partial charge in [0.05, 0.1) is 0 Å². The highest BCUT2D eigenvalue weighted by Gasteiger charge is 2.34. The molecule has 0 heterocycles. The molecular weight excluding hydrogens is 182 g/mol. The number of nitrogens with one attached hydrogen (secondary N) is 1. The second-order valence-electron chi connectivity index (χ2n) is 5.62. The van der Waals surface area contributed by atoms with E-state index in [4.69, 9.17) is 0 Å². The molecule has 15 heavy (non-hydrogen) atoms. The molecule has 0 aliphatic heterocycles. The standard InChI is InChI=1S/C14H27N/c1-2-3-4-10-15-14-7-5-6-13(11-14)12-8-9-12/h12-15H,2-11H2,1H3. The molecule has 0 spiro atoms. The summed E-state index contributed by atoms with van der Waals surface area (Å²) in [5, 5.41) is 3.77. The van der Waals surface area contributed by atoms with Gasteiger partial charge in [0.1, 0.15) is 0 Å². The lowest BCUT2D eigenvalue weighted by Gasteiger charge is -2.30. The van der Waals surface area contributed by atoms with Crippen molar-refractivity contribution in [1.82, 2.24) is 5.32 Å². The minimum atomic E-state index is 0.862. The van der Waals surface area contributed by atoms with Crippen molar-refractivity contribution in [3.05, 3.63) is 0 Å². The van der Waals surface area contributed by atoms with Gasteiger partial charge in [0.15, 0.2) is 0 Å². The zero-order chi connectivity index (χ0) is 10.5. The van der Waals surface area contributed by atoms with E-state index in [0.717, 1.165) is 17.9 Å². The van der Waals surface area contributed by atoms with Crippen LogP contribution in [0.5, 0.6) is 0 Å². The maximum atomic E-state index is 3.77. The van der Waals surface area contributed by atoms with Crippen LogP contribution in [0.3, 0.4) is 0 Å². The van der Waals surface area contributed by atoms with Gasteiger partial charge in [-0.05, 0) is 50.5 Å². The lowest BCUT2D eigenvalue weighted by molar-refractivity contribution is 0.260. The lowest BCUT2D eigenvalue weighted by Crippen LogP contribution is -2.35. The molecule has 2 unspecified atom stereocenters. The first-order chi connectivity index (χ1) is 7.40. The fraction of sp³-hybridized carbons (Fsp3) is 1.00. The molecule has 0 saturated heterocycles. The Morgan fingerprint density at radius 2 is 1.87 bits per heavy atom. The number of unbranched alkanes of at least 4 members (excludes halogenated alkanes) is 2. The van der Waals surface area contributed by atoms with Gasteiger partial charge in [-0.2, -0.15) is 0 Å². The molecule has 2 rings (SSSR count). The van der Waals surface area contributed by atoms with Crippen LogP contribution >= 0.6 is 0 Å². The third-order valence-corrected chi connectivity index (χ3v) is 4.22. The molecule has 1 nitrogen and oxygen atoms in total. The summed E-state index contributed by atoms with van der Waals surface area (Å²) in [5.41, 5.74) is 0. The summed E-state index contributed by atoms with van der Waals surface area (Å²) >= 11 is 0. The molecule has 0 aromatic rings. The first-order valence-electron chi connectivity index (χ1n) is 7.13. The Kier molecular flexibility index (Phi) is 4.49. The number of hydrogen-bond acceptors (Lipinski definition) is 1. The minimum absolute atomic E-state index is 0.862. The monoisotopic (exact) mass is 209 g/mol. The maximum absolute atomic E-state index is 3.77. The molecule has 2 atom stereocenters. The van der Waals surface area contributed by atoms with Crippen LogP contribution in [0.15, 0.2) is 0 Å². The predicted molar refractivity (Wildman–Crippen MR) is 66.0 cm³/mol. The van der Waals surface area contributed by atoms with Crippen LogP contribution in [0.1, 0.15) is 64.7 Å². The van der Waals surface area contributed by atoms with Crippen LogP contribution in [0, 0.1) is 11.8 Å². The van der Waals surface area contributed by atoms with E-state index in [1.54, 1.807) is 0 Å². The fourth-order valence-corrected chi connectivity index (χ4v) is 3.09. The lowest BCUT2D eigenvalue weighted by atomic mass is 9.82. The zero-order valence-electron chi connectivity index (χ0n) is 10.3. The highest BCUT2D eigenvalue weighted by Crippen LogP contribution is 2.43. The molecule has 0 amide bonds. The van der Waals surface area contributed by atoms with Gasteiger partial charge in [-0.15, -0.1) is 0 Å². The van der Waals surface area contributed by atoms with E-state index in [0.29, 0.717) is 0 Å². The SMILES string of the molecule is CCCCCNC1CCCC(C2CC2)C1. The third kappa shape index (κ3) is 3.79. The number of rotatable bonds is 6. The van der Waals surface area contributed by atoms with Gasteiger partial charge >= 0.3 is 0 Å². The molecule has 1 heteroatoms. The van der Waals surface area contributed by atoms with Crippen LogP contribution in [0.2, 0.25) is 0 Å². The molecule has 2 aliphatic carbocycles. The average molecular weight is 209 g/mol. The van der Waals surface area contributed by atoms with Gasteiger partial charge in [0, 0.05) is 6.04 Å². The molecule has 0 aromatic carbocycles. The van der Waals surface area contributed by atoms with Gasteiger partial charge in [0.2, 0.25) is 0 Å².